The SMILES string of the molecule is Cc1csc([C@H](C)CNC(=O)N[C@@H]2CCc3ccccc32)n1. The summed E-state index contributed by atoms with van der Waals surface area (Å²) < 4.78 is 0. The van der Waals surface area contributed by atoms with Crippen LogP contribution in [0.15, 0.2) is 29.6 Å². The van der Waals surface area contributed by atoms with Gasteiger partial charge < -0.3 is 10.6 Å². The molecule has 1 aromatic carbocycles. The topological polar surface area (TPSA) is 54.0 Å². The van der Waals surface area contributed by atoms with Gasteiger partial charge in [-0.15, -0.1) is 11.3 Å². The maximum absolute atomic E-state index is 12.1. The Labute approximate surface area is 135 Å². The Morgan fingerprint density at radius 1 is 1.45 bits per heavy atom. The molecule has 2 amide bonds. The van der Waals surface area contributed by atoms with E-state index in [4.69, 9.17) is 0 Å². The van der Waals surface area contributed by atoms with Crippen LogP contribution in [-0.4, -0.2) is 17.6 Å². The molecular weight excluding hydrogens is 294 g/mol. The summed E-state index contributed by atoms with van der Waals surface area (Å²) in [5.74, 6) is 0.236. The first-order valence-corrected chi connectivity index (χ1v) is 8.55. The standard InChI is InChI=1S/C17H21N3OS/c1-11(16-19-12(2)10-22-16)9-18-17(21)20-15-8-7-13-5-3-4-6-14(13)15/h3-6,10-11,15H,7-9H2,1-2H3,(H2,18,20,21)/t11-,15-/m1/s1. The Morgan fingerprint density at radius 3 is 3.05 bits per heavy atom. The molecule has 2 atom stereocenters. The predicted octanol–water partition coefficient (Wildman–Crippen LogP) is 3.54. The van der Waals surface area contributed by atoms with Crippen molar-refractivity contribution >= 4 is 17.4 Å². The van der Waals surface area contributed by atoms with E-state index in [9.17, 15) is 4.79 Å². The van der Waals surface area contributed by atoms with Gasteiger partial charge in [0.15, 0.2) is 0 Å². The predicted molar refractivity (Wildman–Crippen MR) is 89.3 cm³/mol. The van der Waals surface area contributed by atoms with Crippen molar-refractivity contribution in [2.75, 3.05) is 6.54 Å². The molecule has 0 bridgehead atoms. The third-order valence-electron chi connectivity index (χ3n) is 4.07. The van der Waals surface area contributed by atoms with Crippen molar-refractivity contribution in [3.8, 4) is 0 Å². The summed E-state index contributed by atoms with van der Waals surface area (Å²) >= 11 is 1.65. The lowest BCUT2D eigenvalue weighted by molar-refractivity contribution is 0.236. The fraction of sp³-hybridized carbons (Fsp3) is 0.412. The quantitative estimate of drug-likeness (QED) is 0.906. The van der Waals surface area contributed by atoms with E-state index in [2.05, 4.69) is 40.7 Å². The molecular formula is C17H21N3OS. The highest BCUT2D eigenvalue weighted by molar-refractivity contribution is 7.09. The lowest BCUT2D eigenvalue weighted by atomic mass is 10.1. The molecule has 116 valence electrons. The van der Waals surface area contributed by atoms with Crippen LogP contribution in [-0.2, 0) is 6.42 Å². The number of carbonyl (C=O) groups is 1. The Hall–Kier alpha value is -1.88. The molecule has 3 rings (SSSR count). The maximum Gasteiger partial charge on any atom is 0.315 e. The van der Waals surface area contributed by atoms with Gasteiger partial charge in [-0.2, -0.15) is 0 Å². The number of benzene rings is 1. The highest BCUT2D eigenvalue weighted by Crippen LogP contribution is 2.30. The Morgan fingerprint density at radius 2 is 2.27 bits per heavy atom. The van der Waals surface area contributed by atoms with E-state index in [1.54, 1.807) is 11.3 Å². The lowest BCUT2D eigenvalue weighted by Gasteiger charge is -2.16. The van der Waals surface area contributed by atoms with Gasteiger partial charge in [-0.05, 0) is 30.9 Å². The summed E-state index contributed by atoms with van der Waals surface area (Å²) in [7, 11) is 0. The molecule has 0 spiro atoms. The van der Waals surface area contributed by atoms with Gasteiger partial charge in [-0.1, -0.05) is 31.2 Å². The summed E-state index contributed by atoms with van der Waals surface area (Å²) in [6, 6.07) is 8.37. The zero-order chi connectivity index (χ0) is 15.5. The summed E-state index contributed by atoms with van der Waals surface area (Å²) in [5.41, 5.74) is 3.64. The van der Waals surface area contributed by atoms with Crippen molar-refractivity contribution in [2.45, 2.75) is 38.6 Å². The molecule has 0 saturated heterocycles. The van der Waals surface area contributed by atoms with E-state index in [0.717, 1.165) is 23.5 Å². The zero-order valence-corrected chi connectivity index (χ0v) is 13.7. The van der Waals surface area contributed by atoms with Gasteiger partial charge in [-0.25, -0.2) is 9.78 Å². The molecule has 1 heterocycles. The third kappa shape index (κ3) is 3.30. The molecule has 1 aliphatic rings. The average Bonchev–Trinajstić information content (AvgIpc) is 3.12. The summed E-state index contributed by atoms with van der Waals surface area (Å²) in [6.07, 6.45) is 2.02. The summed E-state index contributed by atoms with van der Waals surface area (Å²) in [4.78, 5) is 16.6. The van der Waals surface area contributed by atoms with Crippen LogP contribution in [0.1, 0.15) is 47.1 Å². The molecule has 22 heavy (non-hydrogen) atoms. The lowest BCUT2D eigenvalue weighted by Crippen LogP contribution is -2.39. The number of nitrogens with zero attached hydrogens (tertiary/aromatic N) is 1. The number of hydrogen-bond acceptors (Lipinski definition) is 3. The molecule has 2 aromatic rings. The van der Waals surface area contributed by atoms with Gasteiger partial charge in [-0.3, -0.25) is 0 Å². The number of aromatic nitrogens is 1. The van der Waals surface area contributed by atoms with E-state index in [-0.39, 0.29) is 18.0 Å². The summed E-state index contributed by atoms with van der Waals surface area (Å²) in [6.45, 7) is 4.68. The van der Waals surface area contributed by atoms with E-state index >= 15 is 0 Å². The molecule has 2 N–H and O–H groups in total. The number of fused-ring (bicyclic) bond motifs is 1. The summed E-state index contributed by atoms with van der Waals surface area (Å²) in [5, 5.41) is 9.16. The fourth-order valence-corrected chi connectivity index (χ4v) is 3.70. The molecule has 1 aromatic heterocycles. The van der Waals surface area contributed by atoms with Gasteiger partial charge in [0.2, 0.25) is 0 Å². The first-order valence-electron chi connectivity index (χ1n) is 7.67. The van der Waals surface area contributed by atoms with E-state index in [0.29, 0.717) is 6.54 Å². The van der Waals surface area contributed by atoms with Crippen LogP contribution in [0.3, 0.4) is 0 Å². The van der Waals surface area contributed by atoms with E-state index < -0.39 is 0 Å². The smallest absolute Gasteiger partial charge is 0.315 e. The molecule has 0 radical (unpaired) electrons. The van der Waals surface area contributed by atoms with Crippen molar-refractivity contribution in [2.24, 2.45) is 0 Å². The minimum Gasteiger partial charge on any atom is -0.337 e. The molecule has 1 aliphatic carbocycles. The number of amides is 2. The number of nitrogens with one attached hydrogen (secondary N) is 2. The van der Waals surface area contributed by atoms with Gasteiger partial charge in [0.25, 0.3) is 0 Å². The van der Waals surface area contributed by atoms with Gasteiger partial charge in [0, 0.05) is 23.5 Å². The van der Waals surface area contributed by atoms with Crippen molar-refractivity contribution in [1.82, 2.24) is 15.6 Å². The number of thiazole rings is 1. The van der Waals surface area contributed by atoms with Gasteiger partial charge in [0.05, 0.1) is 11.0 Å². The van der Waals surface area contributed by atoms with Crippen molar-refractivity contribution in [1.29, 1.82) is 0 Å². The molecule has 0 fully saturated rings. The fourth-order valence-electron chi connectivity index (χ4n) is 2.85. The third-order valence-corrected chi connectivity index (χ3v) is 5.26. The zero-order valence-electron chi connectivity index (χ0n) is 12.9. The van der Waals surface area contributed by atoms with Crippen LogP contribution in [0.4, 0.5) is 4.79 Å². The van der Waals surface area contributed by atoms with E-state index in [1.165, 1.54) is 11.1 Å². The normalized spacial score (nSPS) is 17.8. The van der Waals surface area contributed by atoms with E-state index in [1.807, 2.05) is 18.4 Å². The number of carbonyl (C=O) groups excluding carboxylic acids is 1. The highest BCUT2D eigenvalue weighted by Gasteiger charge is 2.23. The van der Waals surface area contributed by atoms with Crippen molar-refractivity contribution in [3.05, 3.63) is 51.5 Å². The van der Waals surface area contributed by atoms with Crippen LogP contribution in [0.25, 0.3) is 0 Å². The Bertz CT molecular complexity index is 667. The number of hydrogen-bond donors (Lipinski definition) is 2. The number of aryl methyl sites for hydroxylation is 2. The molecule has 0 saturated carbocycles. The molecule has 0 unspecified atom stereocenters. The van der Waals surface area contributed by atoms with Crippen molar-refractivity contribution < 1.29 is 4.79 Å². The van der Waals surface area contributed by atoms with Crippen LogP contribution in [0, 0.1) is 6.92 Å². The maximum atomic E-state index is 12.1. The van der Waals surface area contributed by atoms with Crippen LogP contribution >= 0.6 is 11.3 Å². The molecule has 5 heteroatoms. The van der Waals surface area contributed by atoms with Crippen LogP contribution in [0.2, 0.25) is 0 Å². The second kappa shape index (κ2) is 6.48. The minimum absolute atomic E-state index is 0.0955. The Balaban J connectivity index is 1.51. The first-order chi connectivity index (χ1) is 10.6. The monoisotopic (exact) mass is 315 g/mol. The Kier molecular flexibility index (Phi) is 4.43. The van der Waals surface area contributed by atoms with Crippen LogP contribution in [0.5, 0.6) is 0 Å². The molecule has 0 aliphatic heterocycles. The molecule has 4 nitrogen and oxygen atoms in total. The second-order valence-corrected chi connectivity index (χ2v) is 6.76. The largest absolute Gasteiger partial charge is 0.337 e. The van der Waals surface area contributed by atoms with Crippen molar-refractivity contribution in [3.63, 3.8) is 0 Å². The first kappa shape index (κ1) is 15.0. The minimum atomic E-state index is -0.0955. The van der Waals surface area contributed by atoms with Crippen LogP contribution < -0.4 is 10.6 Å². The van der Waals surface area contributed by atoms with Gasteiger partial charge >= 0.3 is 6.03 Å². The number of urea groups is 1. The van der Waals surface area contributed by atoms with Gasteiger partial charge in [0.1, 0.15) is 0 Å². The highest BCUT2D eigenvalue weighted by atomic mass is 32.1. The second-order valence-electron chi connectivity index (χ2n) is 5.87. The average molecular weight is 315 g/mol. The number of rotatable bonds is 4.